The molecule has 5 amide bonds. The number of ether oxygens (including phenoxy) is 9. The lowest BCUT2D eigenvalue weighted by Crippen LogP contribution is -2.42. The number of nitrogens with one attached hydrogen (secondary N) is 6. The molecule has 0 bridgehead atoms. The second kappa shape index (κ2) is 62.7. The molecule has 10 aromatic rings. The summed E-state index contributed by atoms with van der Waals surface area (Å²) in [5.74, 6) is -5.59. The van der Waals surface area contributed by atoms with E-state index in [4.69, 9.17) is 49.1 Å². The van der Waals surface area contributed by atoms with Crippen molar-refractivity contribution in [2.24, 2.45) is 5.73 Å². The molecule has 0 saturated carbocycles. The van der Waals surface area contributed by atoms with Gasteiger partial charge in [-0.1, -0.05) is 254 Å². The number of carboxylic acid groups (broad SMARTS) is 2. The summed E-state index contributed by atoms with van der Waals surface area (Å²) < 4.78 is 71.7. The van der Waals surface area contributed by atoms with E-state index in [0.29, 0.717) is 16.7 Å². The first kappa shape index (κ1) is 109. The number of hydrogen-bond acceptors (Lipinski definition) is 27. The average Bonchev–Trinajstić information content (AvgIpc) is 0.920. The summed E-state index contributed by atoms with van der Waals surface area (Å²) >= 11 is 0. The highest BCUT2D eigenvalue weighted by Crippen LogP contribution is 2.21. The Morgan fingerprint density at radius 1 is 0.375 bits per heavy atom. The van der Waals surface area contributed by atoms with Crippen LogP contribution >= 0.6 is 0 Å². The van der Waals surface area contributed by atoms with Gasteiger partial charge in [0.2, 0.25) is 21.8 Å². The number of nitrogens with two attached hydrogens (primary N) is 1. The van der Waals surface area contributed by atoms with E-state index in [1.165, 1.54) is 31.0 Å². The Balaban J connectivity index is 0.000000262. The number of phenolic OH excluding ortho intramolecular Hbond substituents is 3. The van der Waals surface area contributed by atoms with Crippen molar-refractivity contribution in [2.75, 3.05) is 19.8 Å². The van der Waals surface area contributed by atoms with Gasteiger partial charge in [-0.2, -0.15) is 0 Å². The van der Waals surface area contributed by atoms with Gasteiger partial charge in [0, 0.05) is 75.2 Å². The van der Waals surface area contributed by atoms with Gasteiger partial charge < -0.3 is 100 Å². The number of para-hydroxylation sites is 3. The monoisotopic (exact) mass is 1890 g/mol. The molecule has 0 aromatic heterocycles. The molecule has 0 spiro atoms. The summed E-state index contributed by atoms with van der Waals surface area (Å²) in [6.45, 7) is 6.05. The molecule has 136 heavy (non-hydrogen) atoms. The van der Waals surface area contributed by atoms with Gasteiger partial charge in [0.25, 0.3) is 0 Å². The molecule has 4 atom stereocenters. The lowest BCUT2D eigenvalue weighted by Gasteiger charge is -2.18. The first-order valence-electron chi connectivity index (χ1n) is 43.1. The normalized spacial score (nSPS) is 11.8. The van der Waals surface area contributed by atoms with Gasteiger partial charge in [0.05, 0.1) is 11.5 Å². The molecule has 1 heterocycles. The lowest BCUT2D eigenvalue weighted by atomic mass is 10.1. The summed E-state index contributed by atoms with van der Waals surface area (Å²) in [5.41, 5.74) is 12.7. The number of carboxylic acids is 2. The minimum absolute atomic E-state index is 0.00333. The van der Waals surface area contributed by atoms with Crippen molar-refractivity contribution in [3.05, 3.63) is 335 Å². The van der Waals surface area contributed by atoms with E-state index in [2.05, 4.69) is 40.8 Å². The van der Waals surface area contributed by atoms with E-state index in [1.54, 1.807) is 159 Å². The summed E-state index contributed by atoms with van der Waals surface area (Å²) in [7, 11) is -3.55. The SMILES string of the molecule is C1CCOC1.CCOC(=O)OC(=O)CCC(NC(=O)OCc1ccccc1)C(=O)OCc1ccccc1.Cc1ccc(S(=O)(=O)NCc2ccccc2O)cc1.NC(CCC(=O)NCc1ccccc1O)C(=O)O.O=C(CCC(NC(=O)OCc1ccccc1)C(=O)OCc1ccccc1)NCc1ccccc1O.O=C(O)CCC(NC(=O)OCc1ccccc1)C(=O)OCc1ccccc1. The van der Waals surface area contributed by atoms with Gasteiger partial charge in [-0.25, -0.2) is 46.7 Å². The standard InChI is InChI=1S/C27H28N2O6.C23H25NO8.C20H21NO6.C14H15NO3S.C12H16N2O4.C4H8O/c30-24-14-8-7-13-22(24)17-28-25(31)16-15-23(26(32)34-18-20-9-3-1-4-10-20)29-27(33)35-19-21-11-5-2-6-12-21;1-2-29-23(28)32-20(25)14-13-19(21(26)30-15-17-9-5-3-6-10-17)24-22(27)31-16-18-11-7-4-8-12-18;22-18(23)12-11-17(19(24)26-13-15-7-3-1-4-8-15)21-20(25)27-14-16-9-5-2-6-10-16;1-11-6-8-13(9-7-11)19(17,18)15-10-12-4-2-3-5-14(12)16;13-9(12(17)18)5-6-11(16)14-7-8-3-1-2-4-10(8)15;1-2-4-5-3-1/h1-14,23,30H,15-19H2,(H,28,31)(H,29,33);3-12,19H,2,13-16H2,1H3,(H,24,27);1-10,17H,11-14H2,(H,21,25)(H,22,23);2-9,15-16H,10H2,1H3;1-4,9,15H,5-7,13H2,(H,14,16)(H,17,18);1-4H2. The second-order valence-corrected chi connectivity index (χ2v) is 31.4. The molecule has 13 N–H and O–H groups in total. The number of rotatable bonds is 40. The van der Waals surface area contributed by atoms with Gasteiger partial charge in [-0.05, 0) is 116 Å². The highest BCUT2D eigenvalue weighted by Gasteiger charge is 2.29. The number of aryl methyl sites for hydroxylation is 1. The molecular weight excluding hydrogens is 1780 g/mol. The number of carbonyl (C=O) groups is 12. The number of benzene rings is 10. The van der Waals surface area contributed by atoms with Crippen molar-refractivity contribution in [1.82, 2.24) is 31.3 Å². The van der Waals surface area contributed by atoms with Crippen LogP contribution < -0.4 is 37.0 Å². The molecule has 1 fully saturated rings. The quantitative estimate of drug-likeness (QED) is 0.00964. The van der Waals surface area contributed by atoms with Crippen LogP contribution in [0.3, 0.4) is 0 Å². The number of phenols is 3. The fourth-order valence-electron chi connectivity index (χ4n) is 11.5. The molecule has 11 rings (SSSR count). The van der Waals surface area contributed by atoms with Crippen molar-refractivity contribution < 1.29 is 134 Å². The predicted octanol–water partition coefficient (Wildman–Crippen LogP) is 13.4. The van der Waals surface area contributed by atoms with Crippen molar-refractivity contribution in [2.45, 2.75) is 166 Å². The maximum Gasteiger partial charge on any atom is 0.516 e. The van der Waals surface area contributed by atoms with E-state index < -0.39 is 94.4 Å². The van der Waals surface area contributed by atoms with Gasteiger partial charge >= 0.3 is 60.3 Å². The van der Waals surface area contributed by atoms with Crippen LogP contribution in [0.5, 0.6) is 17.2 Å². The third-order valence-corrected chi connectivity index (χ3v) is 20.4. The van der Waals surface area contributed by atoms with Crippen molar-refractivity contribution in [3.8, 4) is 17.2 Å². The molecule has 1 saturated heterocycles. The topological polar surface area (TPSA) is 521 Å². The molecule has 35 nitrogen and oxygen atoms in total. The van der Waals surface area contributed by atoms with Crippen molar-refractivity contribution >= 4 is 82.1 Å². The van der Waals surface area contributed by atoms with E-state index in [0.717, 1.165) is 52.2 Å². The van der Waals surface area contributed by atoms with E-state index in [-0.39, 0.29) is 151 Å². The Morgan fingerprint density at radius 3 is 0.985 bits per heavy atom. The van der Waals surface area contributed by atoms with Crippen molar-refractivity contribution in [1.29, 1.82) is 0 Å². The number of esters is 4. The number of aromatic hydroxyl groups is 3. The number of hydrogen-bond donors (Lipinski definition) is 12. The fourth-order valence-corrected chi connectivity index (χ4v) is 12.5. The molecule has 0 aliphatic carbocycles. The minimum Gasteiger partial charge on any atom is -0.508 e. The Kier molecular flexibility index (Phi) is 50.4. The fraction of sp³-hybridized carbons (Fsp3) is 0.280. The van der Waals surface area contributed by atoms with Gasteiger partial charge in [-0.3, -0.25) is 24.0 Å². The maximum atomic E-state index is 12.7. The zero-order chi connectivity index (χ0) is 98.5. The number of sulfonamides is 1. The van der Waals surface area contributed by atoms with E-state index in [1.807, 2.05) is 116 Å². The van der Waals surface area contributed by atoms with Crippen molar-refractivity contribution in [3.63, 3.8) is 0 Å². The van der Waals surface area contributed by atoms with Crippen LogP contribution in [-0.2, 0) is 150 Å². The molecule has 10 aromatic carbocycles. The number of aliphatic carboxylic acids is 2. The molecular formula is C100H113N7O28S. The number of carbonyl (C=O) groups excluding carboxylic acids is 10. The lowest BCUT2D eigenvalue weighted by molar-refractivity contribution is -0.149. The van der Waals surface area contributed by atoms with Gasteiger partial charge in [0.15, 0.2) is 0 Å². The van der Waals surface area contributed by atoms with E-state index >= 15 is 0 Å². The highest BCUT2D eigenvalue weighted by molar-refractivity contribution is 7.89. The molecule has 0 radical (unpaired) electrons. The van der Waals surface area contributed by atoms with Crippen LogP contribution in [-0.4, -0.2) is 150 Å². The largest absolute Gasteiger partial charge is 0.516 e. The zero-order valence-electron chi connectivity index (χ0n) is 75.0. The van der Waals surface area contributed by atoms with Crippen LogP contribution in [0.2, 0.25) is 0 Å². The van der Waals surface area contributed by atoms with Crippen LogP contribution in [0.15, 0.2) is 284 Å². The number of amides is 5. The van der Waals surface area contributed by atoms with Crippen LogP contribution in [0, 0.1) is 6.92 Å². The highest BCUT2D eigenvalue weighted by atomic mass is 32.2. The molecule has 1 aliphatic heterocycles. The molecule has 4 unspecified atom stereocenters. The minimum atomic E-state index is -3.55. The van der Waals surface area contributed by atoms with E-state index in [9.17, 15) is 81.3 Å². The van der Waals surface area contributed by atoms with Gasteiger partial charge in [0.1, 0.15) is 81.1 Å². The Bertz CT molecular complexity index is 5440. The summed E-state index contributed by atoms with van der Waals surface area (Å²) in [6.07, 6.45) is -1.80. The zero-order valence-corrected chi connectivity index (χ0v) is 75.9. The predicted molar refractivity (Wildman–Crippen MR) is 496 cm³/mol. The smallest absolute Gasteiger partial charge is 0.508 e. The average molecular weight is 1890 g/mol. The third-order valence-electron chi connectivity index (χ3n) is 19.0. The third kappa shape index (κ3) is 46.5. The Hall–Kier alpha value is -15.5. The van der Waals surface area contributed by atoms with Crippen LogP contribution in [0.25, 0.3) is 0 Å². The number of alkyl carbamates (subject to hydrolysis) is 3. The molecule has 36 heteroatoms. The summed E-state index contributed by atoms with van der Waals surface area (Å²) in [4.78, 5) is 142. The molecule has 722 valence electrons. The summed E-state index contributed by atoms with van der Waals surface area (Å²) in [6, 6.07) is 76.5. The van der Waals surface area contributed by atoms with Crippen LogP contribution in [0.4, 0.5) is 19.2 Å². The Morgan fingerprint density at radius 2 is 0.676 bits per heavy atom. The summed E-state index contributed by atoms with van der Waals surface area (Å²) in [5, 5.41) is 58.8. The van der Waals surface area contributed by atoms with Crippen LogP contribution in [0.1, 0.15) is 127 Å². The maximum absolute atomic E-state index is 12.7. The second-order valence-electron chi connectivity index (χ2n) is 29.6. The molecule has 1 aliphatic rings. The van der Waals surface area contributed by atoms with Gasteiger partial charge in [-0.15, -0.1) is 0 Å². The first-order valence-corrected chi connectivity index (χ1v) is 44.6. The first-order chi connectivity index (χ1) is 65.5. The Labute approximate surface area is 787 Å².